The van der Waals surface area contributed by atoms with Gasteiger partial charge in [0.2, 0.25) is 10.0 Å². The maximum Gasteiger partial charge on any atom is 0.321 e. The minimum absolute atomic E-state index is 0. The number of nitrogens with one attached hydrogen (secondary N) is 2. The summed E-state index contributed by atoms with van der Waals surface area (Å²) < 4.78 is 27.9. The molecule has 1 aromatic heterocycles. The van der Waals surface area contributed by atoms with Gasteiger partial charge < -0.3 is 16.2 Å². The Balaban J connectivity index is 0.00000363. The summed E-state index contributed by atoms with van der Waals surface area (Å²) in [6, 6.07) is 11.6. The summed E-state index contributed by atoms with van der Waals surface area (Å²) in [5.74, 6) is -1.50. The second-order valence-electron chi connectivity index (χ2n) is 6.75. The van der Waals surface area contributed by atoms with Crippen molar-refractivity contribution in [2.45, 2.75) is 24.4 Å². The van der Waals surface area contributed by atoms with Crippen LogP contribution < -0.4 is 11.1 Å². The Morgan fingerprint density at radius 1 is 1.25 bits per heavy atom. The zero-order valence-corrected chi connectivity index (χ0v) is 19.2. The van der Waals surface area contributed by atoms with Crippen molar-refractivity contribution < 1.29 is 18.3 Å². The molecule has 0 bridgehead atoms. The van der Waals surface area contributed by atoms with Gasteiger partial charge in [0.15, 0.2) is 5.96 Å². The number of hydrogen-bond acceptors (Lipinski definition) is 5. The fraction of sp³-hybridized carbons (Fsp3) is 0.150. The number of guanidine groups is 1. The number of nitrogens with zero attached hydrogens (tertiary/aromatic N) is 2. The van der Waals surface area contributed by atoms with Crippen molar-refractivity contribution in [3.05, 3.63) is 65.3 Å². The summed E-state index contributed by atoms with van der Waals surface area (Å²) in [6.07, 6.45) is 1.36. The largest absolute Gasteiger partial charge is 0.480 e. The highest BCUT2D eigenvalue weighted by Crippen LogP contribution is 2.31. The number of fused-ring (bicyclic) bond motifs is 1. The SMILES string of the molecule is C[C@@H](C(=O)O)N(Cc1ccccc1)S(=O)(=O)c1ccc2c(Cl)cnc(NC(=N)N)c2c1.Cl. The van der Waals surface area contributed by atoms with Crippen LogP contribution in [0.2, 0.25) is 5.02 Å². The lowest BCUT2D eigenvalue weighted by molar-refractivity contribution is -0.141. The lowest BCUT2D eigenvalue weighted by Gasteiger charge is -2.26. The van der Waals surface area contributed by atoms with Gasteiger partial charge in [-0.25, -0.2) is 13.4 Å². The van der Waals surface area contributed by atoms with Crippen LogP contribution in [0.5, 0.6) is 0 Å². The highest BCUT2D eigenvalue weighted by atomic mass is 35.5. The molecule has 0 aliphatic rings. The number of aliphatic carboxylic acids is 1. The number of nitrogens with two attached hydrogens (primary N) is 1. The third-order valence-corrected chi connectivity index (χ3v) is 6.85. The average molecular weight is 498 g/mol. The summed E-state index contributed by atoms with van der Waals surface area (Å²) in [6.45, 7) is 1.19. The van der Waals surface area contributed by atoms with Crippen molar-refractivity contribution >= 4 is 62.6 Å². The van der Waals surface area contributed by atoms with Crippen LogP contribution in [0.1, 0.15) is 12.5 Å². The molecule has 3 aromatic rings. The summed E-state index contributed by atoms with van der Waals surface area (Å²) in [5.41, 5.74) is 6.03. The molecule has 0 saturated heterocycles. The Morgan fingerprint density at radius 2 is 1.91 bits per heavy atom. The van der Waals surface area contributed by atoms with E-state index in [1.807, 2.05) is 0 Å². The van der Waals surface area contributed by atoms with E-state index in [1.54, 1.807) is 30.3 Å². The van der Waals surface area contributed by atoms with E-state index in [2.05, 4.69) is 10.3 Å². The molecule has 32 heavy (non-hydrogen) atoms. The minimum atomic E-state index is -4.22. The Labute approximate surface area is 196 Å². The first-order chi connectivity index (χ1) is 14.6. The minimum Gasteiger partial charge on any atom is -0.480 e. The number of sulfonamides is 1. The molecule has 0 unspecified atom stereocenters. The van der Waals surface area contributed by atoms with Crippen molar-refractivity contribution in [3.8, 4) is 0 Å². The molecule has 0 aliphatic heterocycles. The van der Waals surface area contributed by atoms with Gasteiger partial charge in [-0.1, -0.05) is 48.0 Å². The van der Waals surface area contributed by atoms with E-state index in [0.717, 1.165) is 4.31 Å². The van der Waals surface area contributed by atoms with Crippen LogP contribution in [0.15, 0.2) is 59.6 Å². The van der Waals surface area contributed by atoms with Crippen LogP contribution in [0, 0.1) is 5.41 Å². The molecule has 12 heteroatoms. The number of carbonyl (C=O) groups is 1. The Bertz CT molecular complexity index is 1260. The third-order valence-electron chi connectivity index (χ3n) is 4.64. The summed E-state index contributed by atoms with van der Waals surface area (Å²) in [7, 11) is -4.22. The van der Waals surface area contributed by atoms with E-state index in [-0.39, 0.29) is 40.6 Å². The van der Waals surface area contributed by atoms with Gasteiger partial charge in [0.05, 0.1) is 9.92 Å². The monoisotopic (exact) mass is 497 g/mol. The molecule has 2 aromatic carbocycles. The highest BCUT2D eigenvalue weighted by molar-refractivity contribution is 7.89. The zero-order chi connectivity index (χ0) is 22.8. The molecule has 0 radical (unpaired) electrons. The fourth-order valence-electron chi connectivity index (χ4n) is 3.03. The highest BCUT2D eigenvalue weighted by Gasteiger charge is 2.33. The van der Waals surface area contributed by atoms with Crippen molar-refractivity contribution in [2.75, 3.05) is 5.32 Å². The van der Waals surface area contributed by atoms with E-state index in [4.69, 9.17) is 22.7 Å². The lowest BCUT2D eigenvalue weighted by Crippen LogP contribution is -2.42. The normalized spacial score (nSPS) is 12.2. The topological polar surface area (TPSA) is 149 Å². The first kappa shape index (κ1) is 25.3. The predicted molar refractivity (Wildman–Crippen MR) is 126 cm³/mol. The van der Waals surface area contributed by atoms with Crippen molar-refractivity contribution in [3.63, 3.8) is 0 Å². The molecule has 0 fully saturated rings. The van der Waals surface area contributed by atoms with Crippen LogP contribution in [0.25, 0.3) is 10.8 Å². The maximum absolute atomic E-state index is 13.5. The summed E-state index contributed by atoms with van der Waals surface area (Å²) in [4.78, 5) is 15.6. The quantitative estimate of drug-likeness (QED) is 0.288. The van der Waals surface area contributed by atoms with E-state index in [9.17, 15) is 18.3 Å². The smallest absolute Gasteiger partial charge is 0.321 e. The Hall–Kier alpha value is -2.92. The Kier molecular flexibility index (Phi) is 8.02. The Morgan fingerprint density at radius 3 is 2.50 bits per heavy atom. The van der Waals surface area contributed by atoms with Crippen LogP contribution in [0.3, 0.4) is 0 Å². The van der Waals surface area contributed by atoms with E-state index < -0.39 is 22.0 Å². The molecule has 3 rings (SSSR count). The molecule has 0 spiro atoms. The molecule has 1 atom stereocenters. The van der Waals surface area contributed by atoms with Gasteiger partial charge in [0.25, 0.3) is 0 Å². The molecule has 170 valence electrons. The second-order valence-corrected chi connectivity index (χ2v) is 9.05. The van der Waals surface area contributed by atoms with Gasteiger partial charge in [0.1, 0.15) is 11.9 Å². The third kappa shape index (κ3) is 5.28. The molecular formula is C20H21Cl2N5O4S. The van der Waals surface area contributed by atoms with Crippen LogP contribution >= 0.6 is 24.0 Å². The molecule has 9 nitrogen and oxygen atoms in total. The van der Waals surface area contributed by atoms with E-state index >= 15 is 0 Å². The number of benzene rings is 2. The van der Waals surface area contributed by atoms with Crippen molar-refractivity contribution in [1.82, 2.24) is 9.29 Å². The molecule has 0 amide bonds. The standard InChI is InChI=1S/C20H20ClN5O4S.ClH/c1-12(19(27)28)26(11-13-5-3-2-4-6-13)31(29,30)14-7-8-15-16(9-14)18(25-20(22)23)24-10-17(15)21;/h2-10,12H,11H2,1H3,(H,27,28)(H4,22,23,24,25);1H/t12-;/m0./s1. The van der Waals surface area contributed by atoms with Crippen molar-refractivity contribution in [2.24, 2.45) is 5.73 Å². The average Bonchev–Trinajstić information content (AvgIpc) is 2.73. The molecular weight excluding hydrogens is 477 g/mol. The van der Waals surface area contributed by atoms with Gasteiger partial charge in [-0.15, -0.1) is 12.4 Å². The number of hydrogen-bond donors (Lipinski definition) is 4. The molecule has 0 aliphatic carbocycles. The molecule has 0 saturated carbocycles. The number of halogens is 2. The van der Waals surface area contributed by atoms with Gasteiger partial charge in [-0.2, -0.15) is 4.31 Å². The van der Waals surface area contributed by atoms with E-state index in [0.29, 0.717) is 16.3 Å². The van der Waals surface area contributed by atoms with Crippen molar-refractivity contribution in [1.29, 1.82) is 5.41 Å². The summed E-state index contributed by atoms with van der Waals surface area (Å²) in [5, 5.41) is 20.6. The first-order valence-corrected chi connectivity index (χ1v) is 10.9. The molecule has 5 N–H and O–H groups in total. The number of aromatic nitrogens is 1. The maximum atomic E-state index is 13.5. The van der Waals surface area contributed by atoms with Crippen LogP contribution in [0.4, 0.5) is 5.82 Å². The van der Waals surface area contributed by atoms with Gasteiger partial charge >= 0.3 is 5.97 Å². The van der Waals surface area contributed by atoms with E-state index in [1.165, 1.54) is 31.3 Å². The number of carboxylic acid groups (broad SMARTS) is 1. The number of carboxylic acids is 1. The van der Waals surface area contributed by atoms with Gasteiger partial charge in [0, 0.05) is 23.5 Å². The van der Waals surface area contributed by atoms with Crippen LogP contribution in [-0.2, 0) is 21.4 Å². The predicted octanol–water partition coefficient (Wildman–Crippen LogP) is 3.28. The first-order valence-electron chi connectivity index (χ1n) is 9.09. The second kappa shape index (κ2) is 10.1. The van der Waals surface area contributed by atoms with Crippen LogP contribution in [-0.4, -0.2) is 40.8 Å². The van der Waals surface area contributed by atoms with Gasteiger partial charge in [-0.05, 0) is 24.6 Å². The number of anilines is 1. The summed E-state index contributed by atoms with van der Waals surface area (Å²) >= 11 is 6.18. The zero-order valence-electron chi connectivity index (χ0n) is 16.8. The number of rotatable bonds is 7. The number of pyridine rings is 1. The fourth-order valence-corrected chi connectivity index (χ4v) is 4.84. The molecule has 1 heterocycles. The van der Waals surface area contributed by atoms with Gasteiger partial charge in [-0.3, -0.25) is 10.2 Å². The lowest BCUT2D eigenvalue weighted by atomic mass is 10.1.